The Morgan fingerprint density at radius 1 is 0.878 bits per heavy atom. The number of ether oxygens (including phenoxy) is 1. The molecule has 0 aliphatic carbocycles. The number of carbonyl (C=O) groups is 2. The topological polar surface area (TPSA) is 73.3 Å². The Hall–Kier alpha value is -3.78. The van der Waals surface area contributed by atoms with Crippen molar-refractivity contribution in [1.29, 1.82) is 0 Å². The van der Waals surface area contributed by atoms with Crippen LogP contribution in [-0.2, 0) is 19.9 Å². The van der Waals surface area contributed by atoms with Crippen LogP contribution >= 0.6 is 0 Å². The maximum absolute atomic E-state index is 12.7. The van der Waals surface area contributed by atoms with E-state index in [9.17, 15) is 14.7 Å². The Bertz CT molecular complexity index is 1230. The molecule has 7 heteroatoms. The summed E-state index contributed by atoms with van der Waals surface area (Å²) in [7, 11) is 0. The molecule has 2 fully saturated rings. The number of esters is 1. The second-order valence-electron chi connectivity index (χ2n) is 10.7. The molecule has 1 N–H and O–H groups in total. The molecule has 1 atom stereocenters. The van der Waals surface area contributed by atoms with Gasteiger partial charge in [-0.1, -0.05) is 97.1 Å². The van der Waals surface area contributed by atoms with Gasteiger partial charge in [0, 0.05) is 32.7 Å². The maximum atomic E-state index is 12.7. The highest BCUT2D eigenvalue weighted by Crippen LogP contribution is 2.44. The molecule has 0 spiro atoms. The van der Waals surface area contributed by atoms with Crippen molar-refractivity contribution in [2.75, 3.05) is 52.4 Å². The first-order chi connectivity index (χ1) is 20.0. The normalized spacial score (nSPS) is 19.9. The third-order valence-electron chi connectivity index (χ3n) is 8.16. The monoisotopic (exact) mass is 553 g/mol. The van der Waals surface area contributed by atoms with E-state index in [1.165, 1.54) is 16.7 Å². The van der Waals surface area contributed by atoms with E-state index in [0.717, 1.165) is 12.1 Å². The molecular weight excluding hydrogens is 514 g/mol. The van der Waals surface area contributed by atoms with Gasteiger partial charge in [-0.2, -0.15) is 0 Å². The molecule has 2 aliphatic rings. The largest absolute Gasteiger partial charge is 0.465 e. The van der Waals surface area contributed by atoms with Gasteiger partial charge in [-0.15, -0.1) is 0 Å². The summed E-state index contributed by atoms with van der Waals surface area (Å²) in [4.78, 5) is 30.7. The number of carbonyl (C=O) groups excluding carboxylic acids is 2. The zero-order chi connectivity index (χ0) is 28.7. The van der Waals surface area contributed by atoms with Crippen LogP contribution in [-0.4, -0.2) is 90.2 Å². The number of rotatable bonds is 9. The summed E-state index contributed by atoms with van der Waals surface area (Å²) in [5.41, 5.74) is 3.95. The number of benzene rings is 3. The van der Waals surface area contributed by atoms with Crippen LogP contribution in [0.4, 0.5) is 0 Å². The Morgan fingerprint density at radius 2 is 1.44 bits per heavy atom. The van der Waals surface area contributed by atoms with Crippen molar-refractivity contribution in [3.63, 3.8) is 0 Å². The zero-order valence-electron chi connectivity index (χ0n) is 23.7. The van der Waals surface area contributed by atoms with Gasteiger partial charge in [-0.3, -0.25) is 19.4 Å². The van der Waals surface area contributed by atoms with E-state index in [2.05, 4.69) is 88.7 Å². The van der Waals surface area contributed by atoms with Crippen LogP contribution in [0.1, 0.15) is 30.0 Å². The Morgan fingerprint density at radius 3 is 1.95 bits per heavy atom. The summed E-state index contributed by atoms with van der Waals surface area (Å²) in [5, 5.41) is 11.1. The third-order valence-corrected chi connectivity index (χ3v) is 8.16. The Kier molecular flexibility index (Phi) is 9.29. The molecule has 5 rings (SSSR count). The molecular formula is C34H39N3O4. The maximum Gasteiger partial charge on any atom is 0.325 e. The average molecular weight is 554 g/mol. The zero-order valence-corrected chi connectivity index (χ0v) is 23.7. The molecule has 41 heavy (non-hydrogen) atoms. The minimum absolute atomic E-state index is 0.00415. The molecule has 0 bridgehead atoms. The van der Waals surface area contributed by atoms with Gasteiger partial charge in [-0.05, 0) is 35.6 Å². The van der Waals surface area contributed by atoms with E-state index in [1.807, 2.05) is 18.2 Å². The van der Waals surface area contributed by atoms with Crippen LogP contribution in [0.3, 0.4) is 0 Å². The number of amides is 1. The van der Waals surface area contributed by atoms with E-state index in [-0.39, 0.29) is 25.0 Å². The molecule has 1 amide bonds. The number of aliphatic hydroxyl groups is 1. The fourth-order valence-corrected chi connectivity index (χ4v) is 6.13. The minimum Gasteiger partial charge on any atom is -0.465 e. The highest BCUT2D eigenvalue weighted by Gasteiger charge is 2.44. The first kappa shape index (κ1) is 28.7. The van der Waals surface area contributed by atoms with Gasteiger partial charge in [0.25, 0.3) is 0 Å². The van der Waals surface area contributed by atoms with Crippen molar-refractivity contribution in [3.05, 3.63) is 119 Å². The second kappa shape index (κ2) is 13.3. The molecule has 0 radical (unpaired) electrons. The molecule has 214 valence electrons. The highest BCUT2D eigenvalue weighted by molar-refractivity contribution is 5.84. The number of hydrogen-bond acceptors (Lipinski definition) is 6. The van der Waals surface area contributed by atoms with Gasteiger partial charge in [0.15, 0.2) is 0 Å². The van der Waals surface area contributed by atoms with Crippen LogP contribution in [0.2, 0.25) is 0 Å². The van der Waals surface area contributed by atoms with E-state index in [4.69, 9.17) is 4.74 Å². The number of aliphatic hydroxyl groups excluding tert-OH is 1. The number of piperidine rings is 1. The van der Waals surface area contributed by atoms with E-state index >= 15 is 0 Å². The van der Waals surface area contributed by atoms with Crippen molar-refractivity contribution in [2.45, 2.75) is 25.0 Å². The molecule has 0 aromatic heterocycles. The summed E-state index contributed by atoms with van der Waals surface area (Å²) in [6, 6.07) is 31.8. The number of nitrogens with zero attached hydrogens (tertiary/aromatic N) is 3. The summed E-state index contributed by atoms with van der Waals surface area (Å²) in [6.45, 7) is 5.33. The van der Waals surface area contributed by atoms with Gasteiger partial charge in [-0.25, -0.2) is 0 Å². The van der Waals surface area contributed by atoms with Crippen molar-refractivity contribution in [1.82, 2.24) is 14.7 Å². The van der Waals surface area contributed by atoms with Crippen molar-refractivity contribution < 1.29 is 19.4 Å². The lowest BCUT2D eigenvalue weighted by atomic mass is 9.74. The van der Waals surface area contributed by atoms with Crippen LogP contribution in [0.5, 0.6) is 0 Å². The number of hydrogen-bond donors (Lipinski definition) is 1. The second-order valence-corrected chi connectivity index (χ2v) is 10.7. The lowest BCUT2D eigenvalue weighted by Gasteiger charge is -2.48. The van der Waals surface area contributed by atoms with Gasteiger partial charge >= 0.3 is 5.97 Å². The molecule has 3 aromatic rings. The number of piperazine rings is 1. The summed E-state index contributed by atoms with van der Waals surface area (Å²) >= 11 is 0. The summed E-state index contributed by atoms with van der Waals surface area (Å²) < 4.78 is 5.00. The quantitative estimate of drug-likeness (QED) is 0.248. The van der Waals surface area contributed by atoms with Crippen molar-refractivity contribution >= 4 is 11.9 Å². The summed E-state index contributed by atoms with van der Waals surface area (Å²) in [6.07, 6.45) is 2.18. The minimum atomic E-state index is -0.544. The number of likely N-dealkylation sites (tertiary alicyclic amines) is 1. The molecule has 2 heterocycles. The van der Waals surface area contributed by atoms with Crippen LogP contribution < -0.4 is 0 Å². The molecule has 2 aliphatic heterocycles. The SMILES string of the molecule is CCOC(=O)CN1CCN(C/C=C2\CN(C(c3ccccc3)(c3ccccc3)c3ccccc3)CCC2O)CC1=O. The van der Waals surface area contributed by atoms with Crippen LogP contribution in [0.15, 0.2) is 103 Å². The molecule has 0 saturated carbocycles. The van der Waals surface area contributed by atoms with Gasteiger partial charge in [0.1, 0.15) is 6.54 Å². The molecule has 7 nitrogen and oxygen atoms in total. The van der Waals surface area contributed by atoms with Gasteiger partial charge in [0.05, 0.1) is 24.8 Å². The third kappa shape index (κ3) is 6.27. The highest BCUT2D eigenvalue weighted by atomic mass is 16.5. The molecule has 2 saturated heterocycles. The lowest BCUT2D eigenvalue weighted by molar-refractivity contribution is -0.150. The molecule has 3 aromatic carbocycles. The van der Waals surface area contributed by atoms with Gasteiger partial charge in [0.2, 0.25) is 5.91 Å². The van der Waals surface area contributed by atoms with Crippen LogP contribution in [0, 0.1) is 0 Å². The van der Waals surface area contributed by atoms with E-state index < -0.39 is 11.6 Å². The fraction of sp³-hybridized carbons (Fsp3) is 0.353. The molecule has 1 unspecified atom stereocenters. The standard InChI is InChI=1S/C34H39N3O4/c1-2-41-33(40)26-36-23-22-35(25-32(36)39)20-18-27-24-37(21-19-31(27)38)34(28-12-6-3-7-13-28,29-14-8-4-9-15-29)30-16-10-5-11-17-30/h3-18,31,38H,2,19-26H2,1H3/b27-18+. The Labute approximate surface area is 242 Å². The Balaban J connectivity index is 1.41. The van der Waals surface area contributed by atoms with Crippen LogP contribution in [0.25, 0.3) is 0 Å². The van der Waals surface area contributed by atoms with Gasteiger partial charge < -0.3 is 14.7 Å². The van der Waals surface area contributed by atoms with Crippen molar-refractivity contribution in [3.8, 4) is 0 Å². The predicted molar refractivity (Wildman–Crippen MR) is 159 cm³/mol. The lowest BCUT2D eigenvalue weighted by Crippen LogP contribution is -2.53. The predicted octanol–water partition coefficient (Wildman–Crippen LogP) is 3.68. The summed E-state index contributed by atoms with van der Waals surface area (Å²) in [5.74, 6) is -0.453. The first-order valence-corrected chi connectivity index (χ1v) is 14.5. The smallest absolute Gasteiger partial charge is 0.325 e. The first-order valence-electron chi connectivity index (χ1n) is 14.5. The fourth-order valence-electron chi connectivity index (χ4n) is 6.13. The van der Waals surface area contributed by atoms with Crippen molar-refractivity contribution in [2.24, 2.45) is 0 Å². The average Bonchev–Trinajstić information content (AvgIpc) is 3.01. The van der Waals surface area contributed by atoms with E-state index in [1.54, 1.807) is 11.8 Å². The van der Waals surface area contributed by atoms with E-state index in [0.29, 0.717) is 39.2 Å².